The quantitative estimate of drug-likeness (QED) is 0.648. The number of benzene rings is 2. The zero-order valence-electron chi connectivity index (χ0n) is 14.9. The van der Waals surface area contributed by atoms with Crippen LogP contribution >= 0.6 is 15.9 Å². The molecule has 2 aliphatic carbocycles. The Morgan fingerprint density at radius 2 is 1.81 bits per heavy atom. The molecule has 2 atom stereocenters. The van der Waals surface area contributed by atoms with Crippen molar-refractivity contribution in [2.75, 3.05) is 0 Å². The SMILES string of the molecule is O=C(NCc1ccccc1)c1nn(-c2ccc(Br)cc2)c2c1C1CCC2C1. The molecule has 1 N–H and O–H groups in total. The van der Waals surface area contributed by atoms with Crippen LogP contribution in [0.4, 0.5) is 0 Å². The van der Waals surface area contributed by atoms with Gasteiger partial charge in [0, 0.05) is 22.5 Å². The highest BCUT2D eigenvalue weighted by Crippen LogP contribution is 2.54. The lowest BCUT2D eigenvalue weighted by Crippen LogP contribution is -2.24. The molecular weight excluding hydrogens is 402 g/mol. The third-order valence-corrected chi connectivity index (χ3v) is 6.30. The van der Waals surface area contributed by atoms with Gasteiger partial charge >= 0.3 is 0 Å². The van der Waals surface area contributed by atoms with Crippen molar-refractivity contribution in [2.24, 2.45) is 0 Å². The molecule has 5 rings (SSSR count). The molecule has 2 aliphatic rings. The standard InChI is InChI=1S/C22H20BrN3O/c23-17-8-10-18(11-9-17)26-21-16-7-6-15(12-16)19(21)20(25-26)22(27)24-13-14-4-2-1-3-5-14/h1-5,8-11,15-16H,6-7,12-13H2,(H,24,27). The minimum absolute atomic E-state index is 0.0708. The minimum atomic E-state index is -0.0708. The largest absolute Gasteiger partial charge is 0.347 e. The first-order valence-corrected chi connectivity index (χ1v) is 10.2. The maximum Gasteiger partial charge on any atom is 0.272 e. The molecule has 3 aromatic rings. The van der Waals surface area contributed by atoms with Crippen molar-refractivity contribution in [1.82, 2.24) is 15.1 Å². The van der Waals surface area contributed by atoms with Crippen LogP contribution in [-0.4, -0.2) is 15.7 Å². The topological polar surface area (TPSA) is 46.9 Å². The highest BCUT2D eigenvalue weighted by atomic mass is 79.9. The van der Waals surface area contributed by atoms with E-state index in [1.54, 1.807) is 0 Å². The summed E-state index contributed by atoms with van der Waals surface area (Å²) in [5.41, 5.74) is 5.15. The zero-order chi connectivity index (χ0) is 18.4. The first-order chi connectivity index (χ1) is 13.2. The third-order valence-electron chi connectivity index (χ3n) is 5.77. The van der Waals surface area contributed by atoms with Crippen molar-refractivity contribution in [3.63, 3.8) is 0 Å². The molecule has 27 heavy (non-hydrogen) atoms. The molecule has 1 heterocycles. The Balaban J connectivity index is 1.50. The number of hydrogen-bond donors (Lipinski definition) is 1. The van der Waals surface area contributed by atoms with E-state index < -0.39 is 0 Å². The number of fused-ring (bicyclic) bond motifs is 5. The maximum atomic E-state index is 13.0. The summed E-state index contributed by atoms with van der Waals surface area (Å²) < 4.78 is 3.04. The summed E-state index contributed by atoms with van der Waals surface area (Å²) in [6.07, 6.45) is 3.52. The van der Waals surface area contributed by atoms with Gasteiger partial charge in [0.1, 0.15) is 0 Å². The number of hydrogen-bond acceptors (Lipinski definition) is 2. The lowest BCUT2D eigenvalue weighted by atomic mass is 9.95. The lowest BCUT2D eigenvalue weighted by molar-refractivity contribution is 0.0944. The second-order valence-electron chi connectivity index (χ2n) is 7.41. The summed E-state index contributed by atoms with van der Waals surface area (Å²) in [6.45, 7) is 0.522. The summed E-state index contributed by atoms with van der Waals surface area (Å²) in [5.74, 6) is 0.932. The fraction of sp³-hybridized carbons (Fsp3) is 0.273. The van der Waals surface area contributed by atoms with Gasteiger partial charge in [-0.2, -0.15) is 5.10 Å². The Morgan fingerprint density at radius 3 is 2.59 bits per heavy atom. The van der Waals surface area contributed by atoms with E-state index in [0.717, 1.165) is 22.1 Å². The Hall–Kier alpha value is -2.40. The number of carbonyl (C=O) groups excluding carboxylic acids is 1. The van der Waals surface area contributed by atoms with Crippen LogP contribution in [0.25, 0.3) is 5.69 Å². The summed E-state index contributed by atoms with van der Waals surface area (Å²) in [5, 5.41) is 7.83. The van der Waals surface area contributed by atoms with Crippen molar-refractivity contribution >= 4 is 21.8 Å². The molecule has 0 radical (unpaired) electrons. The van der Waals surface area contributed by atoms with E-state index in [0.29, 0.717) is 24.1 Å². The zero-order valence-corrected chi connectivity index (χ0v) is 16.4. The number of nitrogens with zero attached hydrogens (tertiary/aromatic N) is 2. The summed E-state index contributed by atoms with van der Waals surface area (Å²) >= 11 is 3.49. The molecule has 5 heteroatoms. The van der Waals surface area contributed by atoms with Crippen molar-refractivity contribution < 1.29 is 4.79 Å². The van der Waals surface area contributed by atoms with Crippen LogP contribution in [0.3, 0.4) is 0 Å². The van der Waals surface area contributed by atoms with Crippen molar-refractivity contribution in [2.45, 2.75) is 37.6 Å². The highest BCUT2D eigenvalue weighted by molar-refractivity contribution is 9.10. The van der Waals surface area contributed by atoms with Crippen LogP contribution in [0.2, 0.25) is 0 Å². The smallest absolute Gasteiger partial charge is 0.272 e. The molecule has 1 saturated carbocycles. The molecule has 4 nitrogen and oxygen atoms in total. The highest BCUT2D eigenvalue weighted by Gasteiger charge is 2.44. The molecule has 1 amide bonds. The molecule has 2 bridgehead atoms. The number of rotatable bonds is 4. The molecule has 136 valence electrons. The Labute approximate surface area is 166 Å². The second-order valence-corrected chi connectivity index (χ2v) is 8.33. The van der Waals surface area contributed by atoms with Gasteiger partial charge in [-0.15, -0.1) is 0 Å². The molecule has 0 aliphatic heterocycles. The molecule has 2 unspecified atom stereocenters. The molecule has 1 aromatic heterocycles. The van der Waals surface area contributed by atoms with Gasteiger partial charge in [-0.3, -0.25) is 4.79 Å². The number of nitrogens with one attached hydrogen (secondary N) is 1. The summed E-state index contributed by atoms with van der Waals surface area (Å²) in [6, 6.07) is 18.1. The van der Waals surface area contributed by atoms with Crippen molar-refractivity contribution in [3.8, 4) is 5.69 Å². The van der Waals surface area contributed by atoms with Gasteiger partial charge in [0.2, 0.25) is 0 Å². The number of carbonyl (C=O) groups is 1. The van der Waals surface area contributed by atoms with Crippen LogP contribution in [0.15, 0.2) is 59.1 Å². The van der Waals surface area contributed by atoms with E-state index in [4.69, 9.17) is 5.10 Å². The molecular formula is C22H20BrN3O. The van der Waals surface area contributed by atoms with E-state index in [9.17, 15) is 4.79 Å². The molecule has 0 spiro atoms. The average molecular weight is 422 g/mol. The molecule has 0 saturated heterocycles. The van der Waals surface area contributed by atoms with Gasteiger partial charge in [0.15, 0.2) is 5.69 Å². The van der Waals surface area contributed by atoms with Crippen LogP contribution in [0, 0.1) is 0 Å². The number of aromatic nitrogens is 2. The molecule has 2 aromatic carbocycles. The number of amides is 1. The van der Waals surface area contributed by atoms with Gasteiger partial charge in [-0.25, -0.2) is 4.68 Å². The van der Waals surface area contributed by atoms with Gasteiger partial charge in [0.25, 0.3) is 5.91 Å². The Bertz CT molecular complexity index is 994. The van der Waals surface area contributed by atoms with Gasteiger partial charge in [-0.1, -0.05) is 46.3 Å². The fourth-order valence-corrected chi connectivity index (χ4v) is 4.80. The van der Waals surface area contributed by atoms with Gasteiger partial charge in [0.05, 0.1) is 11.4 Å². The van der Waals surface area contributed by atoms with Crippen LogP contribution in [-0.2, 0) is 6.54 Å². The van der Waals surface area contributed by atoms with Crippen LogP contribution in [0.5, 0.6) is 0 Å². The Kier molecular flexibility index (Phi) is 4.12. The maximum absolute atomic E-state index is 13.0. The van der Waals surface area contributed by atoms with Gasteiger partial charge < -0.3 is 5.32 Å². The van der Waals surface area contributed by atoms with E-state index in [-0.39, 0.29) is 5.91 Å². The fourth-order valence-electron chi connectivity index (χ4n) is 4.54. The third kappa shape index (κ3) is 2.90. The van der Waals surface area contributed by atoms with Gasteiger partial charge in [-0.05, 0) is 55.0 Å². The predicted molar refractivity (Wildman–Crippen MR) is 108 cm³/mol. The summed E-state index contributed by atoms with van der Waals surface area (Å²) in [7, 11) is 0. The minimum Gasteiger partial charge on any atom is -0.347 e. The predicted octanol–water partition coefficient (Wildman–Crippen LogP) is 4.93. The van der Waals surface area contributed by atoms with E-state index in [1.165, 1.54) is 24.1 Å². The van der Waals surface area contributed by atoms with E-state index in [2.05, 4.69) is 33.4 Å². The summed E-state index contributed by atoms with van der Waals surface area (Å²) in [4.78, 5) is 13.0. The number of halogens is 1. The lowest BCUT2D eigenvalue weighted by Gasteiger charge is -2.14. The van der Waals surface area contributed by atoms with Crippen molar-refractivity contribution in [3.05, 3.63) is 81.6 Å². The monoisotopic (exact) mass is 421 g/mol. The second kappa shape index (κ2) is 6.64. The Morgan fingerprint density at radius 1 is 1.07 bits per heavy atom. The van der Waals surface area contributed by atoms with E-state index in [1.807, 2.05) is 47.1 Å². The van der Waals surface area contributed by atoms with E-state index >= 15 is 0 Å². The molecule has 1 fully saturated rings. The normalized spacial score (nSPS) is 19.9. The van der Waals surface area contributed by atoms with Crippen molar-refractivity contribution in [1.29, 1.82) is 0 Å². The van der Waals surface area contributed by atoms with Crippen LogP contribution in [0.1, 0.15) is 58.4 Å². The van der Waals surface area contributed by atoms with Crippen LogP contribution < -0.4 is 5.32 Å². The first kappa shape index (κ1) is 16.8. The first-order valence-electron chi connectivity index (χ1n) is 9.41. The average Bonchev–Trinajstić information content (AvgIpc) is 3.40.